The number of nitrogens with zero attached hydrogens (tertiary/aromatic N) is 7. The molecule has 0 saturated carbocycles. The Labute approximate surface area is 177 Å². The van der Waals surface area contributed by atoms with Crippen molar-refractivity contribution >= 4 is 11.9 Å². The zero-order chi connectivity index (χ0) is 22.1. The van der Waals surface area contributed by atoms with E-state index in [1.165, 1.54) is 40.5 Å². The summed E-state index contributed by atoms with van der Waals surface area (Å²) in [4.78, 5) is 30.3. The third-order valence-corrected chi connectivity index (χ3v) is 5.03. The lowest BCUT2D eigenvalue weighted by atomic mass is 10.1. The number of aryl methyl sites for hydroxylation is 2. The zero-order valence-electron chi connectivity index (χ0n) is 17.3. The van der Waals surface area contributed by atoms with Crippen LogP contribution in [-0.2, 0) is 4.84 Å². The summed E-state index contributed by atoms with van der Waals surface area (Å²) in [5.74, 6) is -1.15. The highest BCUT2D eigenvalue weighted by molar-refractivity contribution is 5.98. The minimum Gasteiger partial charge on any atom is -0.332 e. The number of hydrogen-bond donors (Lipinski definition) is 0. The van der Waals surface area contributed by atoms with E-state index < -0.39 is 11.6 Å². The third-order valence-electron chi connectivity index (χ3n) is 5.03. The summed E-state index contributed by atoms with van der Waals surface area (Å²) >= 11 is 0. The fraction of sp³-hybridized carbons (Fsp3) is 0.350. The molecule has 3 heterocycles. The molecule has 4 rings (SSSR count). The predicted molar refractivity (Wildman–Crippen MR) is 107 cm³/mol. The van der Waals surface area contributed by atoms with Gasteiger partial charge in [0, 0.05) is 6.54 Å². The van der Waals surface area contributed by atoms with E-state index in [4.69, 9.17) is 4.84 Å². The molecule has 9 nitrogen and oxygen atoms in total. The van der Waals surface area contributed by atoms with Gasteiger partial charge < -0.3 is 4.90 Å². The highest BCUT2D eigenvalue weighted by Gasteiger charge is 2.30. The Morgan fingerprint density at radius 2 is 1.77 bits per heavy atom. The van der Waals surface area contributed by atoms with Crippen LogP contribution < -0.4 is 5.06 Å². The Hall–Kier alpha value is -3.47. The highest BCUT2D eigenvalue weighted by atomic mass is 19.1. The lowest BCUT2D eigenvalue weighted by Crippen LogP contribution is -2.41. The highest BCUT2D eigenvalue weighted by Crippen LogP contribution is 2.21. The molecule has 1 saturated heterocycles. The van der Waals surface area contributed by atoms with Crippen molar-refractivity contribution in [1.29, 1.82) is 0 Å². The number of carbonyl (C=O) groups excluding carboxylic acids is 1. The van der Waals surface area contributed by atoms with Crippen LogP contribution in [0.1, 0.15) is 28.7 Å². The van der Waals surface area contributed by atoms with Crippen molar-refractivity contribution in [2.45, 2.75) is 26.8 Å². The summed E-state index contributed by atoms with van der Waals surface area (Å²) in [5, 5.41) is 9.55. The number of halogens is 2. The first-order valence-electron chi connectivity index (χ1n) is 9.73. The molecule has 0 aliphatic carbocycles. The number of hydrogen-bond acceptors (Lipinski definition) is 7. The number of anilines is 1. The fourth-order valence-corrected chi connectivity index (χ4v) is 3.38. The minimum absolute atomic E-state index is 0.140. The second-order valence-corrected chi connectivity index (χ2v) is 7.23. The van der Waals surface area contributed by atoms with Crippen molar-refractivity contribution in [2.75, 3.05) is 24.8 Å². The first-order valence-corrected chi connectivity index (χ1v) is 9.73. The summed E-state index contributed by atoms with van der Waals surface area (Å²) in [6.07, 6.45) is 2.95. The van der Waals surface area contributed by atoms with E-state index in [2.05, 4.69) is 20.2 Å². The van der Waals surface area contributed by atoms with Gasteiger partial charge in [0.15, 0.2) is 5.82 Å². The molecule has 0 spiro atoms. The number of hydroxylamine groups is 1. The van der Waals surface area contributed by atoms with Crippen LogP contribution in [0, 0.1) is 25.5 Å². The van der Waals surface area contributed by atoms with Gasteiger partial charge in [-0.15, -0.1) is 0 Å². The molecule has 1 aromatic carbocycles. The molecule has 1 atom stereocenters. The maximum absolute atomic E-state index is 14.0. The van der Waals surface area contributed by atoms with Crippen molar-refractivity contribution in [2.24, 2.45) is 0 Å². The van der Waals surface area contributed by atoms with E-state index in [0.717, 1.165) is 0 Å². The van der Waals surface area contributed by atoms with Gasteiger partial charge in [-0.1, -0.05) is 0 Å². The second kappa shape index (κ2) is 8.34. The molecule has 11 heteroatoms. The summed E-state index contributed by atoms with van der Waals surface area (Å²) in [6, 6.07) is 3.57. The number of aromatic nitrogens is 5. The standard InChI is InChI=1S/C20H21F2N7O2/c1-12-11-31-28(20-25-13(2)18(22)14(3)26-20)9-8-27(12)19(30)16-10-15(21)4-5-17(16)29-23-6-7-24-29/h4-7,10,12H,8-9,11H2,1-3H3/t12-/m1/s1. The molecule has 1 aliphatic heterocycles. The Morgan fingerprint density at radius 3 is 2.45 bits per heavy atom. The minimum atomic E-state index is -0.537. The van der Waals surface area contributed by atoms with Gasteiger partial charge in [0.2, 0.25) is 5.95 Å². The van der Waals surface area contributed by atoms with E-state index in [9.17, 15) is 13.6 Å². The van der Waals surface area contributed by atoms with E-state index in [1.807, 2.05) is 6.92 Å². The van der Waals surface area contributed by atoms with Crippen LogP contribution >= 0.6 is 0 Å². The second-order valence-electron chi connectivity index (χ2n) is 7.23. The lowest BCUT2D eigenvalue weighted by Gasteiger charge is -2.26. The molecule has 0 N–H and O–H groups in total. The average molecular weight is 429 g/mol. The van der Waals surface area contributed by atoms with Gasteiger partial charge in [0.25, 0.3) is 5.91 Å². The van der Waals surface area contributed by atoms with Crippen LogP contribution in [0.3, 0.4) is 0 Å². The number of amides is 1. The number of benzene rings is 1. The lowest BCUT2D eigenvalue weighted by molar-refractivity contribution is 0.0596. The molecular weight excluding hydrogens is 408 g/mol. The summed E-state index contributed by atoms with van der Waals surface area (Å²) < 4.78 is 27.9. The molecule has 1 amide bonds. The normalized spacial score (nSPS) is 17.0. The molecule has 162 valence electrons. The zero-order valence-corrected chi connectivity index (χ0v) is 17.3. The smallest absolute Gasteiger partial charge is 0.256 e. The van der Waals surface area contributed by atoms with E-state index in [-0.39, 0.29) is 54.5 Å². The average Bonchev–Trinajstić information content (AvgIpc) is 3.21. The van der Waals surface area contributed by atoms with Gasteiger partial charge in [0.1, 0.15) is 5.82 Å². The van der Waals surface area contributed by atoms with Crippen LogP contribution in [0.15, 0.2) is 30.6 Å². The molecule has 1 fully saturated rings. The van der Waals surface area contributed by atoms with Gasteiger partial charge in [0.05, 0.1) is 54.2 Å². The number of rotatable bonds is 3. The summed E-state index contributed by atoms with van der Waals surface area (Å²) in [6.45, 7) is 5.62. The van der Waals surface area contributed by atoms with Crippen LogP contribution in [0.5, 0.6) is 0 Å². The third kappa shape index (κ3) is 4.08. The van der Waals surface area contributed by atoms with E-state index in [1.54, 1.807) is 18.7 Å². The Kier molecular flexibility index (Phi) is 5.59. The van der Waals surface area contributed by atoms with Gasteiger partial charge >= 0.3 is 0 Å². The molecule has 0 unspecified atom stereocenters. The van der Waals surface area contributed by atoms with Gasteiger partial charge in [-0.2, -0.15) is 15.0 Å². The molecule has 31 heavy (non-hydrogen) atoms. The first-order chi connectivity index (χ1) is 14.8. The molecule has 2 aromatic heterocycles. The van der Waals surface area contributed by atoms with Crippen molar-refractivity contribution in [3.8, 4) is 5.69 Å². The first kappa shape index (κ1) is 20.8. The maximum atomic E-state index is 14.0. The monoisotopic (exact) mass is 429 g/mol. The van der Waals surface area contributed by atoms with Crippen molar-refractivity contribution in [3.63, 3.8) is 0 Å². The Balaban J connectivity index is 1.60. The maximum Gasteiger partial charge on any atom is 0.256 e. The topological polar surface area (TPSA) is 89.3 Å². The van der Waals surface area contributed by atoms with Gasteiger partial charge in [-0.05, 0) is 39.0 Å². The van der Waals surface area contributed by atoms with E-state index in [0.29, 0.717) is 5.69 Å². The van der Waals surface area contributed by atoms with E-state index >= 15 is 0 Å². The van der Waals surface area contributed by atoms with Crippen LogP contribution in [0.4, 0.5) is 14.7 Å². The summed E-state index contributed by atoms with van der Waals surface area (Å²) in [7, 11) is 0. The van der Waals surface area contributed by atoms with Crippen LogP contribution in [0.2, 0.25) is 0 Å². The van der Waals surface area contributed by atoms with Crippen molar-refractivity contribution in [1.82, 2.24) is 29.9 Å². The fourth-order valence-electron chi connectivity index (χ4n) is 3.38. The Morgan fingerprint density at radius 1 is 1.10 bits per heavy atom. The summed E-state index contributed by atoms with van der Waals surface area (Å²) in [5.41, 5.74) is 0.944. The van der Waals surface area contributed by atoms with Crippen molar-refractivity contribution < 1.29 is 18.4 Å². The van der Waals surface area contributed by atoms with Gasteiger partial charge in [-0.3, -0.25) is 9.63 Å². The quantitative estimate of drug-likeness (QED) is 0.631. The molecular formula is C20H21F2N7O2. The number of carbonyl (C=O) groups is 1. The van der Waals surface area contributed by atoms with Crippen LogP contribution in [-0.4, -0.2) is 61.5 Å². The van der Waals surface area contributed by atoms with Gasteiger partial charge in [-0.25, -0.2) is 23.8 Å². The molecule has 3 aromatic rings. The molecule has 1 aliphatic rings. The SMILES string of the molecule is Cc1nc(N2CCN(C(=O)c3cc(F)ccc3-n3nccn3)[C@H](C)CO2)nc(C)c1F. The molecule has 0 radical (unpaired) electrons. The van der Waals surface area contributed by atoms with Crippen molar-refractivity contribution in [3.05, 3.63) is 59.2 Å². The predicted octanol–water partition coefficient (Wildman–Crippen LogP) is 2.23. The molecule has 0 bridgehead atoms. The largest absolute Gasteiger partial charge is 0.332 e. The van der Waals surface area contributed by atoms with Crippen LogP contribution in [0.25, 0.3) is 5.69 Å². The Bertz CT molecular complexity index is 1080.